The average molecular weight is 354 g/mol. The number of carboxylic acid groups (broad SMARTS) is 2. The second-order valence-electron chi connectivity index (χ2n) is 4.43. The number of carbonyl (C=O) groups excluding carboxylic acids is 1. The Bertz CT molecular complexity index is 533. The summed E-state index contributed by atoms with van der Waals surface area (Å²) < 4.78 is 31.7. The van der Waals surface area contributed by atoms with E-state index in [1.54, 1.807) is 0 Å². The van der Waals surface area contributed by atoms with E-state index < -0.39 is 24.2 Å². The van der Waals surface area contributed by atoms with Gasteiger partial charge in [0, 0.05) is 24.7 Å². The number of halogens is 3. The number of alkyl halides is 3. The average Bonchev–Trinajstić information content (AvgIpc) is 2.97. The molecule has 0 aliphatic carbocycles. The molecule has 0 saturated carbocycles. The molecule has 1 amide bonds. The summed E-state index contributed by atoms with van der Waals surface area (Å²) in [5.41, 5.74) is 5.93. The summed E-state index contributed by atoms with van der Waals surface area (Å²) in [7, 11) is 0. The smallest absolute Gasteiger partial charge is 0.480 e. The number of aromatic nitrogens is 2. The van der Waals surface area contributed by atoms with Crippen molar-refractivity contribution in [3.8, 4) is 0 Å². The van der Waals surface area contributed by atoms with E-state index in [0.717, 1.165) is 0 Å². The Hall–Kier alpha value is -2.63. The molecule has 0 spiro atoms. The molecule has 12 heteroatoms. The molecule has 1 heterocycles. The van der Waals surface area contributed by atoms with E-state index >= 15 is 0 Å². The van der Waals surface area contributed by atoms with Gasteiger partial charge in [-0.05, 0) is 13.0 Å². The molecule has 0 radical (unpaired) electrons. The Balaban J connectivity index is 0.000000640. The Labute approximate surface area is 134 Å². The first-order chi connectivity index (χ1) is 11.1. The molecule has 0 aromatic carbocycles. The Kier molecular flexibility index (Phi) is 9.08. The van der Waals surface area contributed by atoms with Gasteiger partial charge in [-0.3, -0.25) is 4.79 Å². The van der Waals surface area contributed by atoms with Crippen LogP contribution in [0.5, 0.6) is 0 Å². The molecule has 1 aromatic heterocycles. The molecule has 0 aliphatic rings. The van der Waals surface area contributed by atoms with Gasteiger partial charge in [0.05, 0.1) is 6.33 Å². The maximum absolute atomic E-state index is 11.4. The third-order valence-corrected chi connectivity index (χ3v) is 2.46. The van der Waals surface area contributed by atoms with E-state index in [2.05, 4.69) is 15.3 Å². The predicted molar refractivity (Wildman–Crippen MR) is 73.8 cm³/mol. The Morgan fingerprint density at radius 3 is 2.29 bits per heavy atom. The zero-order chi connectivity index (χ0) is 18.8. The van der Waals surface area contributed by atoms with Crippen LogP contribution in [0, 0.1) is 0 Å². The molecule has 1 aromatic rings. The molecule has 1 atom stereocenters. The van der Waals surface area contributed by atoms with Gasteiger partial charge in [0.2, 0.25) is 5.91 Å². The van der Waals surface area contributed by atoms with Crippen LogP contribution in [0.4, 0.5) is 13.2 Å². The van der Waals surface area contributed by atoms with Crippen LogP contribution in [-0.4, -0.2) is 56.8 Å². The lowest BCUT2D eigenvalue weighted by atomic mass is 10.1. The van der Waals surface area contributed by atoms with Gasteiger partial charge < -0.3 is 26.2 Å². The van der Waals surface area contributed by atoms with Crippen LogP contribution in [0.1, 0.15) is 18.5 Å². The minimum Gasteiger partial charge on any atom is -0.480 e. The lowest BCUT2D eigenvalue weighted by Crippen LogP contribution is -2.42. The number of nitrogens with zero attached hydrogens (tertiary/aromatic N) is 1. The zero-order valence-corrected chi connectivity index (χ0v) is 12.3. The minimum absolute atomic E-state index is 0.184. The van der Waals surface area contributed by atoms with Crippen molar-refractivity contribution < 1.29 is 37.8 Å². The van der Waals surface area contributed by atoms with Gasteiger partial charge in [0.15, 0.2) is 0 Å². The van der Waals surface area contributed by atoms with Gasteiger partial charge in [-0.1, -0.05) is 0 Å². The molecule has 1 rings (SSSR count). The lowest BCUT2D eigenvalue weighted by molar-refractivity contribution is -0.192. The largest absolute Gasteiger partial charge is 0.490 e. The summed E-state index contributed by atoms with van der Waals surface area (Å²) in [5.74, 6) is -4.13. The molecule has 6 N–H and O–H groups in total. The van der Waals surface area contributed by atoms with Gasteiger partial charge in [-0.2, -0.15) is 13.2 Å². The number of carboxylic acids is 2. The number of rotatable bonds is 7. The van der Waals surface area contributed by atoms with Crippen LogP contribution in [-0.2, 0) is 20.8 Å². The zero-order valence-electron chi connectivity index (χ0n) is 12.3. The number of H-pyrrole nitrogens is 1. The van der Waals surface area contributed by atoms with Crippen LogP contribution in [0.3, 0.4) is 0 Å². The first kappa shape index (κ1) is 21.4. The van der Waals surface area contributed by atoms with Crippen LogP contribution >= 0.6 is 0 Å². The number of amides is 1. The van der Waals surface area contributed by atoms with E-state index in [-0.39, 0.29) is 18.7 Å². The quantitative estimate of drug-likeness (QED) is 0.457. The highest BCUT2D eigenvalue weighted by Gasteiger charge is 2.38. The summed E-state index contributed by atoms with van der Waals surface area (Å²) in [6.45, 7) is 0.408. The molecule has 9 nitrogen and oxygen atoms in total. The first-order valence-corrected chi connectivity index (χ1v) is 6.57. The molecule has 0 aliphatic heterocycles. The van der Waals surface area contributed by atoms with Gasteiger partial charge in [0.1, 0.15) is 6.04 Å². The molecule has 0 unspecified atom stereocenters. The van der Waals surface area contributed by atoms with Crippen LogP contribution in [0.25, 0.3) is 0 Å². The third-order valence-electron chi connectivity index (χ3n) is 2.46. The number of hydrogen-bond acceptors (Lipinski definition) is 5. The third kappa shape index (κ3) is 9.40. The predicted octanol–water partition coefficient (Wildman–Crippen LogP) is -0.106. The fourth-order valence-electron chi connectivity index (χ4n) is 1.35. The highest BCUT2D eigenvalue weighted by molar-refractivity contribution is 5.83. The highest BCUT2D eigenvalue weighted by Crippen LogP contribution is 2.13. The number of carbonyl (C=O) groups is 3. The maximum atomic E-state index is 11.4. The monoisotopic (exact) mass is 354 g/mol. The number of aromatic amines is 1. The van der Waals surface area contributed by atoms with Crippen molar-refractivity contribution >= 4 is 17.8 Å². The molecular formula is C12H17F3N4O5. The van der Waals surface area contributed by atoms with E-state index in [9.17, 15) is 22.8 Å². The minimum atomic E-state index is -5.08. The maximum Gasteiger partial charge on any atom is 0.490 e. The number of nitrogens with one attached hydrogen (secondary N) is 2. The normalized spacial score (nSPS) is 11.8. The van der Waals surface area contributed by atoms with E-state index in [1.165, 1.54) is 12.5 Å². The Morgan fingerprint density at radius 1 is 1.33 bits per heavy atom. The number of hydrogen-bond donors (Lipinski definition) is 5. The molecule has 0 bridgehead atoms. The van der Waals surface area contributed by atoms with Crippen LogP contribution in [0.15, 0.2) is 12.5 Å². The fraction of sp³-hybridized carbons (Fsp3) is 0.500. The van der Waals surface area contributed by atoms with E-state index in [1.807, 2.05) is 0 Å². The molecule has 24 heavy (non-hydrogen) atoms. The molecule has 0 fully saturated rings. The van der Waals surface area contributed by atoms with Crippen molar-refractivity contribution in [2.24, 2.45) is 5.73 Å². The molecule has 136 valence electrons. The summed E-state index contributed by atoms with van der Waals surface area (Å²) >= 11 is 0. The summed E-state index contributed by atoms with van der Waals surface area (Å²) in [6, 6.07) is -0.944. The van der Waals surface area contributed by atoms with Gasteiger partial charge >= 0.3 is 18.1 Å². The standard InChI is InChI=1S/C10H16N4O3.C2HF3O2/c11-3-1-2-9(15)14-8(10(16)17)4-7-5-12-6-13-7;3-2(4,5)1(6)7/h5-6,8H,1-4,11H2,(H,12,13)(H,14,15)(H,16,17);(H,6,7)/t8-;/m0./s1. The van der Waals surface area contributed by atoms with E-state index in [0.29, 0.717) is 18.7 Å². The van der Waals surface area contributed by atoms with Crippen molar-refractivity contribution in [1.29, 1.82) is 0 Å². The van der Waals surface area contributed by atoms with Gasteiger partial charge in [0.25, 0.3) is 0 Å². The Morgan fingerprint density at radius 2 is 1.92 bits per heavy atom. The summed E-state index contributed by atoms with van der Waals surface area (Å²) in [6.07, 6.45) is -1.12. The second kappa shape index (κ2) is 10.2. The first-order valence-electron chi connectivity index (χ1n) is 6.57. The van der Waals surface area contributed by atoms with Gasteiger partial charge in [-0.15, -0.1) is 0 Å². The highest BCUT2D eigenvalue weighted by atomic mass is 19.4. The molecular weight excluding hydrogens is 337 g/mol. The van der Waals surface area contributed by atoms with Crippen LogP contribution in [0.2, 0.25) is 0 Å². The number of imidazole rings is 1. The fourth-order valence-corrected chi connectivity index (χ4v) is 1.35. The van der Waals surface area contributed by atoms with Crippen molar-refractivity contribution in [3.05, 3.63) is 18.2 Å². The molecule has 0 saturated heterocycles. The van der Waals surface area contributed by atoms with Gasteiger partial charge in [-0.25, -0.2) is 14.6 Å². The summed E-state index contributed by atoms with van der Waals surface area (Å²) in [4.78, 5) is 37.8. The van der Waals surface area contributed by atoms with Crippen LogP contribution < -0.4 is 11.1 Å². The van der Waals surface area contributed by atoms with Crippen molar-refractivity contribution in [1.82, 2.24) is 15.3 Å². The number of nitrogens with two attached hydrogens (primary N) is 1. The van der Waals surface area contributed by atoms with Crippen molar-refractivity contribution in [2.75, 3.05) is 6.54 Å². The van der Waals surface area contributed by atoms with Crippen molar-refractivity contribution in [3.63, 3.8) is 0 Å². The lowest BCUT2D eigenvalue weighted by Gasteiger charge is -2.13. The SMILES string of the molecule is NCCCC(=O)N[C@@H](Cc1cnc[nH]1)C(=O)O.O=C(O)C(F)(F)F. The summed E-state index contributed by atoms with van der Waals surface area (Å²) in [5, 5.41) is 18.5. The van der Waals surface area contributed by atoms with E-state index in [4.69, 9.17) is 20.7 Å². The number of aliphatic carboxylic acids is 2. The second-order valence-corrected chi connectivity index (χ2v) is 4.43. The topological polar surface area (TPSA) is 158 Å². The van der Waals surface area contributed by atoms with Crippen molar-refractivity contribution in [2.45, 2.75) is 31.5 Å².